The fourth-order valence-electron chi connectivity index (χ4n) is 3.02. The van der Waals surface area contributed by atoms with Crippen molar-refractivity contribution in [3.05, 3.63) is 58.6 Å². The molecule has 2 heterocycles. The summed E-state index contributed by atoms with van der Waals surface area (Å²) >= 11 is 7.06. The van der Waals surface area contributed by atoms with Crippen LogP contribution in [0, 0.1) is 5.41 Å². The minimum atomic E-state index is -3.60. The monoisotopic (exact) mass is 534 g/mol. The molecule has 35 heavy (non-hydrogen) atoms. The molecular formula is C22H19ClN4O6S2. The summed E-state index contributed by atoms with van der Waals surface area (Å²) in [5.41, 5.74) is 0.477. The molecule has 1 N–H and O–H groups in total. The number of sulfone groups is 1. The Balaban J connectivity index is 1.42. The maximum Gasteiger partial charge on any atom is 0.283 e. The van der Waals surface area contributed by atoms with Crippen LogP contribution in [0.4, 0.5) is 0 Å². The van der Waals surface area contributed by atoms with E-state index in [0.29, 0.717) is 27.8 Å². The lowest BCUT2D eigenvalue weighted by atomic mass is 10.1. The zero-order valence-electron chi connectivity index (χ0n) is 18.5. The van der Waals surface area contributed by atoms with Crippen LogP contribution in [0.25, 0.3) is 6.08 Å². The number of aliphatic imine (C=N–C) groups is 1. The molecule has 2 aliphatic rings. The van der Waals surface area contributed by atoms with E-state index in [1.165, 1.54) is 6.08 Å². The van der Waals surface area contributed by atoms with Crippen LogP contribution >= 0.6 is 23.4 Å². The predicted molar refractivity (Wildman–Crippen MR) is 135 cm³/mol. The number of rotatable bonds is 7. The molecule has 0 saturated heterocycles. The molecule has 10 nitrogen and oxygen atoms in total. The molecule has 2 aliphatic heterocycles. The summed E-state index contributed by atoms with van der Waals surface area (Å²) in [4.78, 5) is 16.3. The Morgan fingerprint density at radius 3 is 2.60 bits per heavy atom. The number of amides is 1. The van der Waals surface area contributed by atoms with Crippen LogP contribution in [0.2, 0.25) is 5.02 Å². The van der Waals surface area contributed by atoms with Gasteiger partial charge in [-0.25, -0.2) is 8.42 Å². The second-order valence-corrected chi connectivity index (χ2v) is 10.8. The maximum atomic E-state index is 12.5. The van der Waals surface area contributed by atoms with Crippen LogP contribution < -0.4 is 14.2 Å². The predicted octanol–water partition coefficient (Wildman–Crippen LogP) is 3.43. The van der Waals surface area contributed by atoms with Gasteiger partial charge in [-0.2, -0.15) is 10.0 Å². The number of ether oxygens (including phenoxy) is 3. The molecule has 0 unspecified atom stereocenters. The number of methoxy groups -OCH3 is 1. The minimum absolute atomic E-state index is 0.0236. The van der Waals surface area contributed by atoms with Gasteiger partial charge in [0.15, 0.2) is 5.84 Å². The Morgan fingerprint density at radius 1 is 1.14 bits per heavy atom. The highest BCUT2D eigenvalue weighted by atomic mass is 35.5. The zero-order valence-corrected chi connectivity index (χ0v) is 20.9. The SMILES string of the molecule is COc1cccc(OCCOc2ccc(/C=C3\C(=N)N4N=C(S(C)(=O)=O)SC4=NC3=O)cc2Cl)c1. The van der Waals surface area contributed by atoms with Crippen molar-refractivity contribution in [3.63, 3.8) is 0 Å². The maximum absolute atomic E-state index is 12.5. The van der Waals surface area contributed by atoms with E-state index < -0.39 is 15.7 Å². The van der Waals surface area contributed by atoms with Crippen molar-refractivity contribution in [2.24, 2.45) is 10.1 Å². The third kappa shape index (κ3) is 5.66. The van der Waals surface area contributed by atoms with Crippen molar-refractivity contribution < 1.29 is 27.4 Å². The van der Waals surface area contributed by atoms with Crippen LogP contribution in [0.5, 0.6) is 17.2 Å². The normalized spacial score (nSPS) is 16.7. The lowest BCUT2D eigenvalue weighted by Gasteiger charge is -2.20. The van der Waals surface area contributed by atoms with E-state index in [1.54, 1.807) is 31.4 Å². The largest absolute Gasteiger partial charge is 0.497 e. The first-order valence-electron chi connectivity index (χ1n) is 10.0. The number of hydrazone groups is 1. The molecule has 0 spiro atoms. The number of fused-ring (bicyclic) bond motifs is 1. The average molecular weight is 535 g/mol. The molecule has 0 aliphatic carbocycles. The Labute approximate surface area is 210 Å². The van der Waals surface area contributed by atoms with E-state index >= 15 is 0 Å². The van der Waals surface area contributed by atoms with Crippen LogP contribution in [-0.4, -0.2) is 61.3 Å². The second-order valence-electron chi connectivity index (χ2n) is 7.22. The first-order chi connectivity index (χ1) is 16.7. The smallest absolute Gasteiger partial charge is 0.283 e. The number of nitrogens with zero attached hydrogens (tertiary/aromatic N) is 3. The van der Waals surface area contributed by atoms with Crippen molar-refractivity contribution in [1.29, 1.82) is 5.41 Å². The third-order valence-corrected chi connectivity index (χ3v) is 7.54. The van der Waals surface area contributed by atoms with Gasteiger partial charge in [-0.15, -0.1) is 5.10 Å². The number of carbonyl (C=O) groups is 1. The van der Waals surface area contributed by atoms with E-state index in [0.717, 1.165) is 23.0 Å². The molecule has 0 bridgehead atoms. The number of benzene rings is 2. The molecule has 0 saturated carbocycles. The quantitative estimate of drug-likeness (QED) is 0.422. The first-order valence-corrected chi connectivity index (χ1v) is 13.1. The number of nitrogens with one attached hydrogen (secondary N) is 1. The van der Waals surface area contributed by atoms with E-state index in [1.807, 2.05) is 18.2 Å². The fourth-order valence-corrected chi connectivity index (χ4v) is 4.95. The molecule has 0 atom stereocenters. The Kier molecular flexibility index (Phi) is 7.15. The van der Waals surface area contributed by atoms with E-state index in [9.17, 15) is 13.2 Å². The van der Waals surface area contributed by atoms with Crippen molar-refractivity contribution in [3.8, 4) is 17.2 Å². The van der Waals surface area contributed by atoms with Gasteiger partial charge in [0.1, 0.15) is 30.5 Å². The highest BCUT2D eigenvalue weighted by Crippen LogP contribution is 2.31. The summed E-state index contributed by atoms with van der Waals surface area (Å²) in [6, 6.07) is 12.1. The molecule has 0 fully saturated rings. The summed E-state index contributed by atoms with van der Waals surface area (Å²) in [6.45, 7) is 0.524. The van der Waals surface area contributed by atoms with Gasteiger partial charge in [-0.1, -0.05) is 23.7 Å². The van der Waals surface area contributed by atoms with Gasteiger partial charge >= 0.3 is 0 Å². The summed E-state index contributed by atoms with van der Waals surface area (Å²) in [6.07, 6.45) is 2.43. The standard InChI is InChI=1S/C22H19ClN4O6S2/c1-31-14-4-3-5-15(12-14)32-8-9-33-18-7-6-13(11-17(18)23)10-16-19(24)27-21(25-20(16)28)34-22(26-27)35(2,29)30/h3-7,10-12,24H,8-9H2,1-2H3/b16-10+,24-19?. The molecule has 4 rings (SSSR count). The van der Waals surface area contributed by atoms with Crippen molar-refractivity contribution in [2.75, 3.05) is 26.6 Å². The topological polar surface area (TPSA) is 131 Å². The zero-order chi connectivity index (χ0) is 25.2. The molecule has 2 aromatic carbocycles. The molecule has 13 heteroatoms. The molecule has 182 valence electrons. The summed E-state index contributed by atoms with van der Waals surface area (Å²) in [5.74, 6) is 0.804. The van der Waals surface area contributed by atoms with E-state index in [4.69, 9.17) is 31.2 Å². The summed E-state index contributed by atoms with van der Waals surface area (Å²) in [5, 5.41) is 13.6. The lowest BCUT2D eigenvalue weighted by Crippen LogP contribution is -2.35. The van der Waals surface area contributed by atoms with Gasteiger partial charge in [-0.05, 0) is 47.7 Å². The van der Waals surface area contributed by atoms with Gasteiger partial charge in [0.05, 0.1) is 17.7 Å². The molecule has 2 aromatic rings. The summed E-state index contributed by atoms with van der Waals surface area (Å²) < 4.78 is 39.8. The Morgan fingerprint density at radius 2 is 1.89 bits per heavy atom. The Bertz CT molecular complexity index is 1400. The van der Waals surface area contributed by atoms with Crippen LogP contribution in [-0.2, 0) is 14.6 Å². The average Bonchev–Trinajstić information content (AvgIpc) is 3.25. The van der Waals surface area contributed by atoms with Crippen molar-refractivity contribution in [1.82, 2.24) is 5.01 Å². The van der Waals surface area contributed by atoms with E-state index in [2.05, 4.69) is 10.1 Å². The van der Waals surface area contributed by atoms with Gasteiger partial charge in [-0.3, -0.25) is 10.2 Å². The van der Waals surface area contributed by atoms with Gasteiger partial charge in [0, 0.05) is 12.3 Å². The molecular weight excluding hydrogens is 516 g/mol. The van der Waals surface area contributed by atoms with Crippen LogP contribution in [0.1, 0.15) is 5.56 Å². The Hall–Kier alpha value is -3.35. The lowest BCUT2D eigenvalue weighted by molar-refractivity contribution is -0.114. The first kappa shape index (κ1) is 24.8. The molecule has 0 aromatic heterocycles. The van der Waals surface area contributed by atoms with Gasteiger partial charge in [0.2, 0.25) is 19.4 Å². The van der Waals surface area contributed by atoms with Crippen LogP contribution in [0.3, 0.4) is 0 Å². The molecule has 0 radical (unpaired) electrons. The number of carbonyl (C=O) groups excluding carboxylic acids is 1. The fraction of sp³-hybridized carbons (Fsp3) is 0.182. The van der Waals surface area contributed by atoms with Gasteiger partial charge < -0.3 is 14.2 Å². The van der Waals surface area contributed by atoms with Crippen molar-refractivity contribution in [2.45, 2.75) is 0 Å². The van der Waals surface area contributed by atoms with Crippen molar-refractivity contribution >= 4 is 60.6 Å². The number of thioether (sulfide) groups is 1. The number of hydrogen-bond donors (Lipinski definition) is 1. The number of amidine groups is 2. The second kappa shape index (κ2) is 10.1. The number of hydrogen-bond acceptors (Lipinski definition) is 9. The minimum Gasteiger partial charge on any atom is -0.497 e. The third-order valence-electron chi connectivity index (χ3n) is 4.67. The van der Waals surface area contributed by atoms with E-state index in [-0.39, 0.29) is 34.2 Å². The van der Waals surface area contributed by atoms with Gasteiger partial charge in [0.25, 0.3) is 5.91 Å². The summed E-state index contributed by atoms with van der Waals surface area (Å²) in [7, 11) is -2.02. The highest BCUT2D eigenvalue weighted by Gasteiger charge is 2.38. The highest BCUT2D eigenvalue weighted by molar-refractivity contribution is 8.42. The number of halogens is 1. The molecule has 1 amide bonds. The van der Waals surface area contributed by atoms with Crippen LogP contribution in [0.15, 0.2) is 58.1 Å².